The van der Waals surface area contributed by atoms with Crippen molar-refractivity contribution >= 4 is 11.8 Å². The Morgan fingerprint density at radius 1 is 0.929 bits per heavy atom. The summed E-state index contributed by atoms with van der Waals surface area (Å²) in [6.07, 6.45) is -0.144. The highest BCUT2D eigenvalue weighted by molar-refractivity contribution is 5.87. The predicted octanol–water partition coefficient (Wildman–Crippen LogP) is 4.57. The van der Waals surface area contributed by atoms with Gasteiger partial charge in [0.25, 0.3) is 0 Å². The molecule has 0 aliphatic rings. The summed E-state index contributed by atoms with van der Waals surface area (Å²) in [5, 5.41) is 8.99. The monoisotopic (exact) mass is 384 g/mol. The summed E-state index contributed by atoms with van der Waals surface area (Å²) in [6.45, 7) is 6.61. The van der Waals surface area contributed by atoms with Crippen LogP contribution in [0.1, 0.15) is 49.0 Å². The number of carboxylic acids is 1. The first kappa shape index (κ1) is 21.6. The molecule has 5 heteroatoms. The van der Waals surface area contributed by atoms with Crippen LogP contribution in [0.25, 0.3) is 0 Å². The predicted molar refractivity (Wildman–Crippen MR) is 108 cm³/mol. The molecule has 28 heavy (non-hydrogen) atoms. The third kappa shape index (κ3) is 6.50. The van der Waals surface area contributed by atoms with E-state index in [-0.39, 0.29) is 23.2 Å². The van der Waals surface area contributed by atoms with Gasteiger partial charge in [0.05, 0.1) is 12.2 Å². The largest absolute Gasteiger partial charge is 0.491 e. The van der Waals surface area contributed by atoms with Gasteiger partial charge in [0.1, 0.15) is 18.5 Å². The minimum atomic E-state index is -0.957. The van der Waals surface area contributed by atoms with Gasteiger partial charge in [-0.1, -0.05) is 51.1 Å². The van der Waals surface area contributed by atoms with Crippen molar-refractivity contribution in [3.63, 3.8) is 0 Å². The van der Waals surface area contributed by atoms with E-state index < -0.39 is 12.1 Å². The Kier molecular flexibility index (Phi) is 8.20. The zero-order valence-electron chi connectivity index (χ0n) is 16.6. The topological polar surface area (TPSA) is 72.8 Å². The van der Waals surface area contributed by atoms with E-state index in [4.69, 9.17) is 14.6 Å². The van der Waals surface area contributed by atoms with E-state index in [9.17, 15) is 9.59 Å². The zero-order chi connectivity index (χ0) is 20.5. The molecule has 0 saturated carbocycles. The van der Waals surface area contributed by atoms with Crippen LogP contribution in [-0.2, 0) is 9.53 Å². The first-order valence-electron chi connectivity index (χ1n) is 9.54. The Bertz CT molecular complexity index is 752. The number of rotatable bonds is 11. The van der Waals surface area contributed by atoms with Crippen molar-refractivity contribution in [3.8, 4) is 5.75 Å². The molecule has 0 saturated heterocycles. The summed E-state index contributed by atoms with van der Waals surface area (Å²) < 4.78 is 11.4. The van der Waals surface area contributed by atoms with E-state index >= 15 is 0 Å². The summed E-state index contributed by atoms with van der Waals surface area (Å²) in [5.74, 6) is -0.0886. The first-order chi connectivity index (χ1) is 13.4. The summed E-state index contributed by atoms with van der Waals surface area (Å²) in [7, 11) is 0. The van der Waals surface area contributed by atoms with E-state index in [0.717, 1.165) is 11.3 Å². The minimum Gasteiger partial charge on any atom is -0.491 e. The third-order valence-corrected chi connectivity index (χ3v) is 4.55. The van der Waals surface area contributed by atoms with Crippen LogP contribution in [0.5, 0.6) is 5.75 Å². The average Bonchev–Trinajstić information content (AvgIpc) is 2.68. The molecular formula is C23H28O5. The molecule has 0 fully saturated rings. The van der Waals surface area contributed by atoms with E-state index in [1.54, 1.807) is 24.3 Å². The highest BCUT2D eigenvalue weighted by Gasteiger charge is 2.25. The van der Waals surface area contributed by atoms with Crippen molar-refractivity contribution in [1.29, 1.82) is 0 Å². The lowest BCUT2D eigenvalue weighted by molar-refractivity contribution is -0.134. The average molecular weight is 384 g/mol. The molecule has 150 valence electrons. The number of hydrogen-bond donors (Lipinski definition) is 1. The number of aromatic carboxylic acids is 1. The van der Waals surface area contributed by atoms with Gasteiger partial charge in [-0.05, 0) is 41.7 Å². The van der Waals surface area contributed by atoms with Gasteiger partial charge in [-0.15, -0.1) is 0 Å². The molecule has 2 rings (SSSR count). The summed E-state index contributed by atoms with van der Waals surface area (Å²) in [5.41, 5.74) is 1.18. The van der Waals surface area contributed by atoms with Gasteiger partial charge in [0.15, 0.2) is 5.78 Å². The highest BCUT2D eigenvalue weighted by atomic mass is 16.5. The van der Waals surface area contributed by atoms with Crippen LogP contribution in [0.15, 0.2) is 54.6 Å². The molecule has 2 aromatic rings. The lowest BCUT2D eigenvalue weighted by Crippen LogP contribution is -2.32. The summed E-state index contributed by atoms with van der Waals surface area (Å²) in [6, 6.07) is 16.1. The number of Topliss-reactive ketones (excluding diaryl/α,β-unsaturated/α-hetero) is 1. The van der Waals surface area contributed by atoms with Gasteiger partial charge in [0.2, 0.25) is 0 Å². The number of ketones is 1. The molecular weight excluding hydrogens is 356 g/mol. The Morgan fingerprint density at radius 2 is 1.57 bits per heavy atom. The molecule has 1 N–H and O–H groups in total. The van der Waals surface area contributed by atoms with Gasteiger partial charge in [-0.25, -0.2) is 4.79 Å². The van der Waals surface area contributed by atoms with Crippen molar-refractivity contribution in [2.75, 3.05) is 13.2 Å². The normalized spacial score (nSPS) is 13.1. The molecule has 0 spiro atoms. The van der Waals surface area contributed by atoms with Crippen LogP contribution in [-0.4, -0.2) is 36.2 Å². The molecule has 0 heterocycles. The van der Waals surface area contributed by atoms with E-state index in [0.29, 0.717) is 19.6 Å². The lowest BCUT2D eigenvalue weighted by Gasteiger charge is -2.22. The van der Waals surface area contributed by atoms with Crippen LogP contribution in [0.4, 0.5) is 0 Å². The number of benzene rings is 2. The molecule has 0 aromatic heterocycles. The number of carboxylic acid groups (broad SMARTS) is 1. The molecule has 0 bridgehead atoms. The smallest absolute Gasteiger partial charge is 0.335 e. The van der Waals surface area contributed by atoms with Gasteiger partial charge >= 0.3 is 5.97 Å². The Balaban J connectivity index is 1.86. The van der Waals surface area contributed by atoms with Crippen LogP contribution >= 0.6 is 0 Å². The van der Waals surface area contributed by atoms with Crippen LogP contribution in [0.2, 0.25) is 0 Å². The molecule has 0 radical (unpaired) electrons. The molecule has 5 nitrogen and oxygen atoms in total. The Labute approximate surface area is 166 Å². The van der Waals surface area contributed by atoms with Crippen molar-refractivity contribution in [2.45, 2.75) is 39.2 Å². The maximum Gasteiger partial charge on any atom is 0.335 e. The standard InChI is InChI=1S/C23H28O5/c1-16(2)22(28-14-13-27-20-7-5-4-6-8-20)21(24)15-17(3)18-9-11-19(12-10-18)23(25)26/h4-12,16-17,22H,13-15H2,1-3H3,(H,25,26)/t17-,22-/m1/s1. The number of hydrogen-bond acceptors (Lipinski definition) is 4. The minimum absolute atomic E-state index is 0.0132. The first-order valence-corrected chi connectivity index (χ1v) is 9.54. The summed E-state index contributed by atoms with van der Waals surface area (Å²) in [4.78, 5) is 23.7. The third-order valence-electron chi connectivity index (χ3n) is 4.55. The van der Waals surface area contributed by atoms with Crippen LogP contribution in [0.3, 0.4) is 0 Å². The second-order valence-electron chi connectivity index (χ2n) is 7.20. The summed E-state index contributed by atoms with van der Waals surface area (Å²) >= 11 is 0. The maximum atomic E-state index is 12.7. The molecule has 0 unspecified atom stereocenters. The zero-order valence-corrected chi connectivity index (χ0v) is 16.6. The molecule has 2 atom stereocenters. The van der Waals surface area contributed by atoms with Crippen molar-refractivity contribution in [2.24, 2.45) is 5.92 Å². The fourth-order valence-electron chi connectivity index (χ4n) is 3.00. The van der Waals surface area contributed by atoms with E-state index in [1.807, 2.05) is 51.1 Å². The fourth-order valence-corrected chi connectivity index (χ4v) is 3.00. The van der Waals surface area contributed by atoms with Crippen molar-refractivity contribution in [1.82, 2.24) is 0 Å². The number of carbonyl (C=O) groups excluding carboxylic acids is 1. The SMILES string of the molecule is CC(C)[C@@H](OCCOc1ccccc1)C(=O)C[C@@H](C)c1ccc(C(=O)O)cc1. The van der Waals surface area contributed by atoms with Crippen LogP contribution in [0, 0.1) is 5.92 Å². The van der Waals surface area contributed by atoms with Gasteiger partial charge in [-0.3, -0.25) is 4.79 Å². The molecule has 0 aliphatic carbocycles. The van der Waals surface area contributed by atoms with Gasteiger partial charge in [-0.2, -0.15) is 0 Å². The van der Waals surface area contributed by atoms with Crippen molar-refractivity contribution < 1.29 is 24.2 Å². The fraction of sp³-hybridized carbons (Fsp3) is 0.391. The second-order valence-corrected chi connectivity index (χ2v) is 7.20. The van der Waals surface area contributed by atoms with Gasteiger partial charge in [0, 0.05) is 6.42 Å². The maximum absolute atomic E-state index is 12.7. The number of para-hydroxylation sites is 1. The highest BCUT2D eigenvalue weighted by Crippen LogP contribution is 2.23. The van der Waals surface area contributed by atoms with E-state index in [2.05, 4.69) is 0 Å². The second kappa shape index (κ2) is 10.6. The Hall–Kier alpha value is -2.66. The quantitative estimate of drug-likeness (QED) is 0.575. The molecule has 2 aromatic carbocycles. The van der Waals surface area contributed by atoms with E-state index in [1.165, 1.54) is 0 Å². The molecule has 0 amide bonds. The lowest BCUT2D eigenvalue weighted by atomic mass is 9.90. The number of carbonyl (C=O) groups is 2. The van der Waals surface area contributed by atoms with Crippen LogP contribution < -0.4 is 4.74 Å². The molecule has 0 aliphatic heterocycles. The Morgan fingerprint density at radius 3 is 2.14 bits per heavy atom. The number of ether oxygens (including phenoxy) is 2. The van der Waals surface area contributed by atoms with Gasteiger partial charge < -0.3 is 14.6 Å². The van der Waals surface area contributed by atoms with Crippen molar-refractivity contribution in [3.05, 3.63) is 65.7 Å².